The average molecular weight is 327 g/mol. The predicted octanol–water partition coefficient (Wildman–Crippen LogP) is 4.03. The van der Waals surface area contributed by atoms with Crippen LogP contribution in [0.3, 0.4) is 0 Å². The van der Waals surface area contributed by atoms with Crippen LogP contribution in [0.2, 0.25) is 10.0 Å². The molecule has 1 aromatic heterocycles. The number of methoxy groups -OCH3 is 1. The topological polar surface area (TPSA) is 43.4 Å². The molecule has 0 aliphatic carbocycles. The SMILES string of the molecule is COCCOc1ccc(NCc2ccc(Cl)cc2Cl)cn1. The molecular weight excluding hydrogens is 311 g/mol. The molecular formula is C15H16Cl2N2O2. The maximum absolute atomic E-state index is 6.12. The van der Waals surface area contributed by atoms with E-state index >= 15 is 0 Å². The fraction of sp³-hybridized carbons (Fsp3) is 0.267. The van der Waals surface area contributed by atoms with Crippen molar-refractivity contribution in [3.8, 4) is 5.88 Å². The van der Waals surface area contributed by atoms with E-state index in [1.807, 2.05) is 24.3 Å². The van der Waals surface area contributed by atoms with E-state index < -0.39 is 0 Å². The Morgan fingerprint density at radius 3 is 2.67 bits per heavy atom. The summed E-state index contributed by atoms with van der Waals surface area (Å²) in [5.74, 6) is 0.571. The largest absolute Gasteiger partial charge is 0.475 e. The first-order chi connectivity index (χ1) is 10.2. The minimum absolute atomic E-state index is 0.483. The number of benzene rings is 1. The summed E-state index contributed by atoms with van der Waals surface area (Å²) < 4.78 is 10.3. The summed E-state index contributed by atoms with van der Waals surface area (Å²) in [5.41, 5.74) is 1.86. The Balaban J connectivity index is 1.88. The molecule has 6 heteroatoms. The lowest BCUT2D eigenvalue weighted by molar-refractivity contribution is 0.144. The van der Waals surface area contributed by atoms with Crippen molar-refractivity contribution in [2.24, 2.45) is 0 Å². The standard InChI is InChI=1S/C15H16Cl2N2O2/c1-20-6-7-21-15-5-4-13(10-19-15)18-9-11-2-3-12(16)8-14(11)17/h2-5,8,10,18H,6-7,9H2,1H3. The molecule has 0 radical (unpaired) electrons. The highest BCUT2D eigenvalue weighted by Gasteiger charge is 2.02. The average Bonchev–Trinajstić information content (AvgIpc) is 2.48. The van der Waals surface area contributed by atoms with Crippen molar-refractivity contribution in [3.63, 3.8) is 0 Å². The molecule has 0 amide bonds. The third kappa shape index (κ3) is 5.08. The Morgan fingerprint density at radius 1 is 1.14 bits per heavy atom. The lowest BCUT2D eigenvalue weighted by atomic mass is 10.2. The molecule has 1 aromatic carbocycles. The monoisotopic (exact) mass is 326 g/mol. The summed E-state index contributed by atoms with van der Waals surface area (Å²) in [6.07, 6.45) is 1.71. The zero-order chi connectivity index (χ0) is 15.1. The highest BCUT2D eigenvalue weighted by Crippen LogP contribution is 2.22. The molecule has 0 unspecified atom stereocenters. The van der Waals surface area contributed by atoms with Crippen molar-refractivity contribution in [1.29, 1.82) is 0 Å². The molecule has 0 fully saturated rings. The quantitative estimate of drug-likeness (QED) is 0.780. The Bertz CT molecular complexity index is 576. The molecule has 4 nitrogen and oxygen atoms in total. The highest BCUT2D eigenvalue weighted by atomic mass is 35.5. The van der Waals surface area contributed by atoms with Gasteiger partial charge in [-0.1, -0.05) is 29.3 Å². The molecule has 0 spiro atoms. The summed E-state index contributed by atoms with van der Waals surface area (Å²) in [6, 6.07) is 9.15. The summed E-state index contributed by atoms with van der Waals surface area (Å²) in [7, 11) is 1.63. The van der Waals surface area contributed by atoms with Crippen LogP contribution < -0.4 is 10.1 Å². The van der Waals surface area contributed by atoms with Crippen LogP contribution in [0.25, 0.3) is 0 Å². The molecule has 0 bridgehead atoms. The lowest BCUT2D eigenvalue weighted by Crippen LogP contribution is -2.05. The maximum atomic E-state index is 6.12. The first-order valence-electron chi connectivity index (χ1n) is 6.44. The van der Waals surface area contributed by atoms with Crippen molar-refractivity contribution in [1.82, 2.24) is 4.98 Å². The summed E-state index contributed by atoms with van der Waals surface area (Å²) in [5, 5.41) is 4.51. The smallest absolute Gasteiger partial charge is 0.213 e. The van der Waals surface area contributed by atoms with E-state index in [-0.39, 0.29) is 0 Å². The second kappa shape index (κ2) is 8.08. The summed E-state index contributed by atoms with van der Waals surface area (Å²) >= 11 is 12.0. The number of ether oxygens (including phenoxy) is 2. The van der Waals surface area contributed by atoms with Gasteiger partial charge in [0.15, 0.2) is 0 Å². The molecule has 0 saturated carbocycles. The van der Waals surface area contributed by atoms with Crippen molar-refractivity contribution in [2.45, 2.75) is 6.54 Å². The molecule has 0 saturated heterocycles. The number of anilines is 1. The Kier molecular flexibility index (Phi) is 6.11. The van der Waals surface area contributed by atoms with Gasteiger partial charge >= 0.3 is 0 Å². The predicted molar refractivity (Wildman–Crippen MR) is 85.4 cm³/mol. The zero-order valence-corrected chi connectivity index (χ0v) is 13.1. The molecule has 21 heavy (non-hydrogen) atoms. The van der Waals surface area contributed by atoms with Gasteiger partial charge < -0.3 is 14.8 Å². The van der Waals surface area contributed by atoms with E-state index in [0.717, 1.165) is 11.3 Å². The summed E-state index contributed by atoms with van der Waals surface area (Å²) in [6.45, 7) is 1.62. The minimum Gasteiger partial charge on any atom is -0.475 e. The number of halogens is 2. The van der Waals surface area contributed by atoms with Gasteiger partial charge in [-0.05, 0) is 23.8 Å². The van der Waals surface area contributed by atoms with Gasteiger partial charge in [-0.2, -0.15) is 0 Å². The molecule has 1 heterocycles. The number of nitrogens with one attached hydrogen (secondary N) is 1. The van der Waals surface area contributed by atoms with Gasteiger partial charge in [0.2, 0.25) is 5.88 Å². The van der Waals surface area contributed by atoms with Crippen LogP contribution in [0.5, 0.6) is 5.88 Å². The van der Waals surface area contributed by atoms with Gasteiger partial charge in [0.05, 0.1) is 18.5 Å². The molecule has 0 aliphatic heterocycles. The van der Waals surface area contributed by atoms with Gasteiger partial charge in [0.25, 0.3) is 0 Å². The van der Waals surface area contributed by atoms with Crippen molar-refractivity contribution in [2.75, 3.05) is 25.6 Å². The van der Waals surface area contributed by atoms with Crippen LogP contribution in [-0.2, 0) is 11.3 Å². The number of nitrogens with zero attached hydrogens (tertiary/aromatic N) is 1. The molecule has 1 N–H and O–H groups in total. The Labute approximate surface area is 134 Å². The minimum atomic E-state index is 0.483. The second-order valence-corrected chi connectivity index (χ2v) is 5.16. The fourth-order valence-corrected chi connectivity index (χ4v) is 2.14. The van der Waals surface area contributed by atoms with Crippen molar-refractivity contribution < 1.29 is 9.47 Å². The van der Waals surface area contributed by atoms with E-state index in [1.54, 1.807) is 19.4 Å². The maximum Gasteiger partial charge on any atom is 0.213 e. The van der Waals surface area contributed by atoms with E-state index in [1.165, 1.54) is 0 Å². The first-order valence-corrected chi connectivity index (χ1v) is 7.20. The van der Waals surface area contributed by atoms with E-state index in [9.17, 15) is 0 Å². The van der Waals surface area contributed by atoms with Gasteiger partial charge in [-0.25, -0.2) is 4.98 Å². The van der Waals surface area contributed by atoms with Gasteiger partial charge in [0, 0.05) is 29.8 Å². The number of hydrogen-bond acceptors (Lipinski definition) is 4. The van der Waals surface area contributed by atoms with Crippen LogP contribution in [-0.4, -0.2) is 25.3 Å². The normalized spacial score (nSPS) is 10.4. The van der Waals surface area contributed by atoms with Crippen LogP contribution in [0, 0.1) is 0 Å². The third-order valence-electron chi connectivity index (χ3n) is 2.77. The lowest BCUT2D eigenvalue weighted by Gasteiger charge is -2.09. The zero-order valence-electron chi connectivity index (χ0n) is 11.6. The molecule has 112 valence electrons. The third-order valence-corrected chi connectivity index (χ3v) is 3.36. The van der Waals surface area contributed by atoms with Crippen LogP contribution in [0.15, 0.2) is 36.5 Å². The Morgan fingerprint density at radius 2 is 2.00 bits per heavy atom. The van der Waals surface area contributed by atoms with E-state index in [2.05, 4.69) is 10.3 Å². The van der Waals surface area contributed by atoms with E-state index in [0.29, 0.717) is 35.7 Å². The van der Waals surface area contributed by atoms with Crippen molar-refractivity contribution >= 4 is 28.9 Å². The van der Waals surface area contributed by atoms with Gasteiger partial charge in [0.1, 0.15) is 6.61 Å². The van der Waals surface area contributed by atoms with Crippen LogP contribution in [0.1, 0.15) is 5.56 Å². The molecule has 0 aliphatic rings. The Hall–Kier alpha value is -1.49. The second-order valence-electron chi connectivity index (χ2n) is 4.32. The fourth-order valence-electron chi connectivity index (χ4n) is 1.66. The van der Waals surface area contributed by atoms with E-state index in [4.69, 9.17) is 32.7 Å². The molecule has 0 atom stereocenters. The number of pyridine rings is 1. The molecule has 2 aromatic rings. The number of rotatable bonds is 7. The first kappa shape index (κ1) is 15.9. The molecule has 2 rings (SSSR count). The van der Waals surface area contributed by atoms with Crippen LogP contribution in [0.4, 0.5) is 5.69 Å². The number of hydrogen-bond donors (Lipinski definition) is 1. The highest BCUT2D eigenvalue weighted by molar-refractivity contribution is 6.35. The van der Waals surface area contributed by atoms with Crippen LogP contribution >= 0.6 is 23.2 Å². The number of aromatic nitrogens is 1. The van der Waals surface area contributed by atoms with Crippen molar-refractivity contribution in [3.05, 3.63) is 52.1 Å². The van der Waals surface area contributed by atoms with Gasteiger partial charge in [-0.3, -0.25) is 0 Å². The van der Waals surface area contributed by atoms with Gasteiger partial charge in [-0.15, -0.1) is 0 Å². The summed E-state index contributed by atoms with van der Waals surface area (Å²) in [4.78, 5) is 4.20.